The third-order valence-corrected chi connectivity index (χ3v) is 3.90. The van der Waals surface area contributed by atoms with Gasteiger partial charge in [0.05, 0.1) is 0 Å². The average Bonchev–Trinajstić information content (AvgIpc) is 2.60. The highest BCUT2D eigenvalue weighted by atomic mass is 35.5. The molecule has 0 aliphatic heterocycles. The van der Waals surface area contributed by atoms with Gasteiger partial charge in [0.1, 0.15) is 17.5 Å². The van der Waals surface area contributed by atoms with Gasteiger partial charge in [-0.05, 0) is 29.8 Å². The van der Waals surface area contributed by atoms with E-state index in [4.69, 9.17) is 11.6 Å². The lowest BCUT2D eigenvalue weighted by Crippen LogP contribution is -2.25. The van der Waals surface area contributed by atoms with E-state index in [0.29, 0.717) is 21.7 Å². The number of aryl methyl sites for hydroxylation is 1. The number of aldehydes is 1. The van der Waals surface area contributed by atoms with Crippen LogP contribution in [0, 0.1) is 0 Å². The Labute approximate surface area is 143 Å². The van der Waals surface area contributed by atoms with Gasteiger partial charge in [0.2, 0.25) is 0 Å². The summed E-state index contributed by atoms with van der Waals surface area (Å²) in [6.07, 6.45) is 4.23. The standard InChI is InChI=1S/C18H14ClN3O2/c1-2-12-11-13(19)6-7-14(12)16-18(24)22(9-4-10-23)17-15(21-16)5-3-8-20-17/h2-3,5-8,10-11H,1,4,9H2. The zero-order valence-corrected chi connectivity index (χ0v) is 13.5. The molecule has 0 amide bonds. The number of nitrogens with zero attached hydrogens (tertiary/aromatic N) is 3. The van der Waals surface area contributed by atoms with Crippen molar-refractivity contribution in [1.29, 1.82) is 0 Å². The van der Waals surface area contributed by atoms with Gasteiger partial charge in [-0.3, -0.25) is 9.36 Å². The smallest absolute Gasteiger partial charge is 0.278 e. The molecule has 0 radical (unpaired) electrons. The van der Waals surface area contributed by atoms with Crippen molar-refractivity contribution in [3.63, 3.8) is 0 Å². The molecule has 2 aromatic heterocycles. The molecule has 5 nitrogen and oxygen atoms in total. The zero-order chi connectivity index (χ0) is 17.1. The molecule has 3 rings (SSSR count). The number of carbonyl (C=O) groups excluding carboxylic acids is 1. The Morgan fingerprint density at radius 1 is 1.29 bits per heavy atom. The molecule has 0 N–H and O–H groups in total. The predicted octanol–water partition coefficient (Wildman–Crippen LogP) is 3.34. The fraction of sp³-hybridized carbons (Fsp3) is 0.111. The maximum Gasteiger partial charge on any atom is 0.278 e. The van der Waals surface area contributed by atoms with Crippen molar-refractivity contribution in [3.8, 4) is 11.3 Å². The fourth-order valence-electron chi connectivity index (χ4n) is 2.56. The van der Waals surface area contributed by atoms with Gasteiger partial charge in [0, 0.05) is 29.7 Å². The Kier molecular flexibility index (Phi) is 4.53. The molecule has 0 aliphatic carbocycles. The topological polar surface area (TPSA) is 64.8 Å². The van der Waals surface area contributed by atoms with Crippen LogP contribution >= 0.6 is 11.6 Å². The van der Waals surface area contributed by atoms with E-state index in [9.17, 15) is 9.59 Å². The maximum atomic E-state index is 12.9. The van der Waals surface area contributed by atoms with Crippen LogP contribution in [0.5, 0.6) is 0 Å². The largest absolute Gasteiger partial charge is 0.303 e. The quantitative estimate of drug-likeness (QED) is 0.669. The summed E-state index contributed by atoms with van der Waals surface area (Å²) in [6.45, 7) is 4.02. The highest BCUT2D eigenvalue weighted by Gasteiger charge is 2.15. The van der Waals surface area contributed by atoms with Crippen molar-refractivity contribution in [1.82, 2.24) is 14.5 Å². The summed E-state index contributed by atoms with van der Waals surface area (Å²) < 4.78 is 1.48. The number of fused-ring (bicyclic) bond motifs is 1. The Balaban J connectivity index is 2.33. The number of halogens is 1. The molecule has 0 bridgehead atoms. The molecule has 0 atom stereocenters. The van der Waals surface area contributed by atoms with Crippen LogP contribution in [0.3, 0.4) is 0 Å². The first-order valence-corrected chi connectivity index (χ1v) is 7.75. The molecule has 120 valence electrons. The molecule has 0 spiro atoms. The molecule has 0 aliphatic rings. The molecule has 1 aromatic carbocycles. The summed E-state index contributed by atoms with van der Waals surface area (Å²) in [5.41, 5.74) is 2.40. The molecule has 0 saturated carbocycles. The zero-order valence-electron chi connectivity index (χ0n) is 12.8. The minimum Gasteiger partial charge on any atom is -0.303 e. The van der Waals surface area contributed by atoms with Gasteiger partial charge in [0.25, 0.3) is 5.56 Å². The van der Waals surface area contributed by atoms with Crippen LogP contribution in [0.1, 0.15) is 12.0 Å². The molecule has 0 saturated heterocycles. The van der Waals surface area contributed by atoms with E-state index in [1.807, 2.05) is 0 Å². The van der Waals surface area contributed by atoms with Crippen molar-refractivity contribution < 1.29 is 4.79 Å². The van der Waals surface area contributed by atoms with E-state index in [2.05, 4.69) is 16.5 Å². The van der Waals surface area contributed by atoms with Gasteiger partial charge in [-0.2, -0.15) is 0 Å². The van der Waals surface area contributed by atoms with E-state index in [-0.39, 0.29) is 24.2 Å². The van der Waals surface area contributed by atoms with Gasteiger partial charge in [-0.15, -0.1) is 0 Å². The van der Waals surface area contributed by atoms with Crippen LogP contribution in [-0.4, -0.2) is 20.8 Å². The van der Waals surface area contributed by atoms with Crippen molar-refractivity contribution in [2.75, 3.05) is 0 Å². The summed E-state index contributed by atoms with van der Waals surface area (Å²) in [5.74, 6) is 0. The normalized spacial score (nSPS) is 10.7. The minimum absolute atomic E-state index is 0.226. The average molecular weight is 340 g/mol. The van der Waals surface area contributed by atoms with Gasteiger partial charge < -0.3 is 4.79 Å². The van der Waals surface area contributed by atoms with Crippen molar-refractivity contribution in [2.24, 2.45) is 0 Å². The number of hydrogen-bond acceptors (Lipinski definition) is 4. The van der Waals surface area contributed by atoms with Crippen molar-refractivity contribution in [3.05, 3.63) is 64.0 Å². The van der Waals surface area contributed by atoms with Crippen LogP contribution in [0.4, 0.5) is 0 Å². The summed E-state index contributed by atoms with van der Waals surface area (Å²) in [7, 11) is 0. The molecule has 0 fully saturated rings. The predicted molar refractivity (Wildman–Crippen MR) is 95.0 cm³/mol. The second-order valence-electron chi connectivity index (χ2n) is 5.15. The number of pyridine rings is 1. The lowest BCUT2D eigenvalue weighted by atomic mass is 10.0. The first-order valence-electron chi connectivity index (χ1n) is 7.37. The van der Waals surface area contributed by atoms with Crippen LogP contribution in [0.2, 0.25) is 5.02 Å². The summed E-state index contributed by atoms with van der Waals surface area (Å²) in [4.78, 5) is 32.4. The first kappa shape index (κ1) is 16.1. The van der Waals surface area contributed by atoms with Crippen molar-refractivity contribution >= 4 is 35.1 Å². The summed E-state index contributed by atoms with van der Waals surface area (Å²) in [5, 5.41) is 0.553. The van der Waals surface area contributed by atoms with Crippen LogP contribution in [0.15, 0.2) is 47.9 Å². The molecule has 0 unspecified atom stereocenters. The Morgan fingerprint density at radius 3 is 2.88 bits per heavy atom. The van der Waals surface area contributed by atoms with Gasteiger partial charge in [-0.1, -0.05) is 30.3 Å². The van der Waals surface area contributed by atoms with Crippen molar-refractivity contribution in [2.45, 2.75) is 13.0 Å². The highest BCUT2D eigenvalue weighted by molar-refractivity contribution is 6.30. The SMILES string of the molecule is C=Cc1cc(Cl)ccc1-c1nc2cccnc2n(CCC=O)c1=O. The molecule has 6 heteroatoms. The third kappa shape index (κ3) is 2.86. The molecule has 3 aromatic rings. The number of carbonyl (C=O) groups is 1. The van der Waals surface area contributed by atoms with Crippen LogP contribution < -0.4 is 5.56 Å². The second-order valence-corrected chi connectivity index (χ2v) is 5.59. The second kappa shape index (κ2) is 6.76. The monoisotopic (exact) mass is 339 g/mol. The van der Waals surface area contributed by atoms with E-state index >= 15 is 0 Å². The first-order chi connectivity index (χ1) is 11.7. The van der Waals surface area contributed by atoms with Crippen LogP contribution in [-0.2, 0) is 11.3 Å². The third-order valence-electron chi connectivity index (χ3n) is 3.66. The highest BCUT2D eigenvalue weighted by Crippen LogP contribution is 2.25. The lowest BCUT2D eigenvalue weighted by Gasteiger charge is -2.12. The molecule has 2 heterocycles. The maximum absolute atomic E-state index is 12.9. The van der Waals surface area contributed by atoms with Crippen LogP contribution in [0.25, 0.3) is 28.5 Å². The molecular formula is C18H14ClN3O2. The Hall–Kier alpha value is -2.79. The van der Waals surface area contributed by atoms with E-state index in [0.717, 1.165) is 11.8 Å². The minimum atomic E-state index is -0.298. The van der Waals surface area contributed by atoms with Gasteiger partial charge in [0.15, 0.2) is 5.65 Å². The molecular weight excluding hydrogens is 326 g/mol. The lowest BCUT2D eigenvalue weighted by molar-refractivity contribution is -0.108. The van der Waals surface area contributed by atoms with Gasteiger partial charge >= 0.3 is 0 Å². The molecule has 24 heavy (non-hydrogen) atoms. The number of benzene rings is 1. The number of rotatable bonds is 5. The Morgan fingerprint density at radius 2 is 2.12 bits per heavy atom. The van der Waals surface area contributed by atoms with Gasteiger partial charge in [-0.25, -0.2) is 9.97 Å². The fourth-order valence-corrected chi connectivity index (χ4v) is 2.74. The summed E-state index contributed by atoms with van der Waals surface area (Å²) >= 11 is 6.02. The number of hydrogen-bond donors (Lipinski definition) is 0. The van der Waals surface area contributed by atoms with E-state index in [1.54, 1.807) is 42.6 Å². The van der Waals surface area contributed by atoms with E-state index in [1.165, 1.54) is 4.57 Å². The summed E-state index contributed by atoms with van der Waals surface area (Å²) in [6, 6.07) is 8.72. The number of aromatic nitrogens is 3. The van der Waals surface area contributed by atoms with E-state index < -0.39 is 0 Å². The Bertz CT molecular complexity index is 995.